The molecule has 1 atom stereocenters. The Morgan fingerprint density at radius 2 is 2.06 bits per heavy atom. The number of nitrogens with one attached hydrogen (secondary N) is 1. The van der Waals surface area contributed by atoms with Gasteiger partial charge in [-0.2, -0.15) is 5.26 Å². The lowest BCUT2D eigenvalue weighted by Gasteiger charge is -2.42. The fourth-order valence-corrected chi connectivity index (χ4v) is 5.75. The van der Waals surface area contributed by atoms with Crippen LogP contribution in [0.2, 0.25) is 0 Å². The predicted octanol–water partition coefficient (Wildman–Crippen LogP) is 2.57. The van der Waals surface area contributed by atoms with E-state index in [0.717, 1.165) is 74.4 Å². The minimum Gasteiger partial charge on any atom is -0.364 e. The summed E-state index contributed by atoms with van der Waals surface area (Å²) in [4.78, 5) is 24.4. The Morgan fingerprint density at radius 3 is 2.88 bits per heavy atom. The third-order valence-corrected chi connectivity index (χ3v) is 7.50. The van der Waals surface area contributed by atoms with Crippen molar-refractivity contribution < 1.29 is 4.79 Å². The molecule has 34 heavy (non-hydrogen) atoms. The summed E-state index contributed by atoms with van der Waals surface area (Å²) < 4.78 is 0. The second-order valence-corrected chi connectivity index (χ2v) is 9.50. The third kappa shape index (κ3) is 3.37. The predicted molar refractivity (Wildman–Crippen MR) is 132 cm³/mol. The van der Waals surface area contributed by atoms with Crippen LogP contribution in [0.3, 0.4) is 0 Å². The number of hydrogen-bond acceptors (Lipinski definition) is 6. The first-order chi connectivity index (χ1) is 16.6. The molecule has 7 heteroatoms. The van der Waals surface area contributed by atoms with Crippen LogP contribution in [0.4, 0.5) is 5.69 Å². The van der Waals surface area contributed by atoms with Crippen LogP contribution >= 0.6 is 0 Å². The van der Waals surface area contributed by atoms with Gasteiger partial charge in [-0.15, -0.1) is 0 Å². The van der Waals surface area contributed by atoms with E-state index < -0.39 is 0 Å². The van der Waals surface area contributed by atoms with Crippen molar-refractivity contribution in [2.45, 2.75) is 19.4 Å². The molecule has 1 aromatic heterocycles. The number of amides is 1. The number of hydrogen-bond donors (Lipinski definition) is 1. The van der Waals surface area contributed by atoms with Gasteiger partial charge in [-0.3, -0.25) is 9.78 Å². The van der Waals surface area contributed by atoms with Gasteiger partial charge >= 0.3 is 0 Å². The van der Waals surface area contributed by atoms with Crippen LogP contribution < -0.4 is 10.2 Å². The highest BCUT2D eigenvalue weighted by atomic mass is 16.2. The second-order valence-electron chi connectivity index (χ2n) is 9.50. The maximum absolute atomic E-state index is 13.1. The zero-order valence-corrected chi connectivity index (χ0v) is 19.4. The van der Waals surface area contributed by atoms with Crippen LogP contribution in [0.25, 0.3) is 10.9 Å². The Balaban J connectivity index is 1.31. The molecule has 6 rings (SSSR count). The second kappa shape index (κ2) is 8.30. The number of fused-ring (bicyclic) bond motifs is 3. The Morgan fingerprint density at radius 1 is 1.21 bits per heavy atom. The molecule has 2 fully saturated rings. The summed E-state index contributed by atoms with van der Waals surface area (Å²) in [6.45, 7) is 8.16. The van der Waals surface area contributed by atoms with E-state index in [9.17, 15) is 10.1 Å². The van der Waals surface area contributed by atoms with Crippen LogP contribution in [0, 0.1) is 11.3 Å². The van der Waals surface area contributed by atoms with E-state index in [1.807, 2.05) is 17.0 Å². The molecular formula is C27H28N6O. The van der Waals surface area contributed by atoms with Gasteiger partial charge in [0, 0.05) is 73.9 Å². The zero-order chi connectivity index (χ0) is 23.2. The molecule has 4 heterocycles. The number of piperazine rings is 2. The number of anilines is 1. The maximum atomic E-state index is 13.1. The van der Waals surface area contributed by atoms with Gasteiger partial charge < -0.3 is 20.0 Å². The first kappa shape index (κ1) is 20.9. The maximum Gasteiger partial charge on any atom is 0.253 e. The summed E-state index contributed by atoms with van der Waals surface area (Å²) in [6.07, 6.45) is 6.80. The minimum absolute atomic E-state index is 0.161. The van der Waals surface area contributed by atoms with Gasteiger partial charge in [0.25, 0.3) is 5.91 Å². The van der Waals surface area contributed by atoms with Crippen molar-refractivity contribution in [1.82, 2.24) is 20.1 Å². The van der Waals surface area contributed by atoms with Crippen LogP contribution in [-0.4, -0.2) is 72.5 Å². The first-order valence-corrected chi connectivity index (χ1v) is 12.1. The SMILES string of the molecule is C[C@@H]1CN(c2ccc(C#N)c3ncccc23)CC2=C3CC=C(C(=O)N4CCNCC4)C=C3CN21. The minimum atomic E-state index is 0.161. The van der Waals surface area contributed by atoms with Gasteiger partial charge in [0.2, 0.25) is 0 Å². The molecule has 1 aliphatic carbocycles. The van der Waals surface area contributed by atoms with Crippen molar-refractivity contribution in [1.29, 1.82) is 5.26 Å². The van der Waals surface area contributed by atoms with E-state index in [2.05, 4.69) is 57.4 Å². The number of pyridine rings is 1. The quantitative estimate of drug-likeness (QED) is 0.755. The number of carbonyl (C=O) groups is 1. The number of nitrogens with zero attached hydrogens (tertiary/aromatic N) is 5. The van der Waals surface area contributed by atoms with E-state index in [1.54, 1.807) is 6.20 Å². The van der Waals surface area contributed by atoms with Gasteiger partial charge in [-0.25, -0.2) is 0 Å². The highest BCUT2D eigenvalue weighted by Crippen LogP contribution is 2.40. The van der Waals surface area contributed by atoms with Crippen molar-refractivity contribution in [3.63, 3.8) is 0 Å². The topological polar surface area (TPSA) is 75.5 Å². The molecule has 0 unspecified atom stereocenters. The van der Waals surface area contributed by atoms with Crippen molar-refractivity contribution in [2.75, 3.05) is 50.7 Å². The van der Waals surface area contributed by atoms with E-state index in [0.29, 0.717) is 11.6 Å². The highest BCUT2D eigenvalue weighted by molar-refractivity contribution is 5.97. The summed E-state index contributed by atoms with van der Waals surface area (Å²) in [6, 6.07) is 10.6. The number of rotatable bonds is 2. The lowest BCUT2D eigenvalue weighted by atomic mass is 9.93. The Hall–Kier alpha value is -3.63. The summed E-state index contributed by atoms with van der Waals surface area (Å²) in [5, 5.41) is 13.9. The molecule has 1 N–H and O–H groups in total. The van der Waals surface area contributed by atoms with Crippen LogP contribution in [0.1, 0.15) is 18.9 Å². The average molecular weight is 453 g/mol. The molecule has 4 aliphatic rings. The van der Waals surface area contributed by atoms with Gasteiger partial charge in [-0.05, 0) is 54.8 Å². The smallest absolute Gasteiger partial charge is 0.253 e. The van der Waals surface area contributed by atoms with Gasteiger partial charge in [0.05, 0.1) is 17.6 Å². The van der Waals surface area contributed by atoms with E-state index in [-0.39, 0.29) is 5.91 Å². The standard InChI is InChI=1S/C27H28N6O/c1-18-15-32(24-7-5-20(14-28)26-23(24)3-2-8-30-26)17-25-22-6-4-19(13-21(22)16-33(18)25)27(34)31-11-9-29-10-12-31/h2-5,7-8,13,18,29H,6,9-12,15-17H2,1H3/t18-/m1/s1. The van der Waals surface area contributed by atoms with Crippen LogP contribution in [-0.2, 0) is 4.79 Å². The van der Waals surface area contributed by atoms with Crippen LogP contribution in [0.15, 0.2) is 65.0 Å². The Bertz CT molecular complexity index is 1310. The van der Waals surface area contributed by atoms with Gasteiger partial charge in [-0.1, -0.05) is 6.08 Å². The summed E-state index contributed by atoms with van der Waals surface area (Å²) in [5.41, 5.74) is 7.35. The van der Waals surface area contributed by atoms with E-state index in [4.69, 9.17) is 0 Å². The monoisotopic (exact) mass is 452 g/mol. The highest BCUT2D eigenvalue weighted by Gasteiger charge is 2.37. The van der Waals surface area contributed by atoms with Gasteiger partial charge in [0.15, 0.2) is 0 Å². The third-order valence-electron chi connectivity index (χ3n) is 7.50. The lowest BCUT2D eigenvalue weighted by Crippen LogP contribution is -2.49. The first-order valence-electron chi connectivity index (χ1n) is 12.1. The number of nitriles is 1. The molecule has 3 aliphatic heterocycles. The fourth-order valence-electron chi connectivity index (χ4n) is 5.75. The molecule has 0 bridgehead atoms. The number of carbonyl (C=O) groups excluding carboxylic acids is 1. The molecule has 1 aromatic carbocycles. The number of allylic oxidation sites excluding steroid dienone is 1. The summed E-state index contributed by atoms with van der Waals surface area (Å²) in [7, 11) is 0. The summed E-state index contributed by atoms with van der Waals surface area (Å²) >= 11 is 0. The molecule has 1 amide bonds. The van der Waals surface area contributed by atoms with Crippen molar-refractivity contribution in [2.24, 2.45) is 0 Å². The molecule has 172 valence electrons. The van der Waals surface area contributed by atoms with Crippen molar-refractivity contribution in [3.05, 3.63) is 70.6 Å². The number of aromatic nitrogens is 1. The van der Waals surface area contributed by atoms with E-state index in [1.165, 1.54) is 16.8 Å². The molecule has 2 saturated heterocycles. The number of benzene rings is 1. The largest absolute Gasteiger partial charge is 0.364 e. The zero-order valence-electron chi connectivity index (χ0n) is 19.4. The van der Waals surface area contributed by atoms with E-state index >= 15 is 0 Å². The van der Waals surface area contributed by atoms with Crippen molar-refractivity contribution >= 4 is 22.5 Å². The average Bonchev–Trinajstić information content (AvgIpc) is 3.26. The molecule has 2 aromatic rings. The Labute approximate surface area is 199 Å². The Kier molecular flexibility index (Phi) is 5.11. The van der Waals surface area contributed by atoms with Gasteiger partial charge in [0.1, 0.15) is 6.07 Å². The fraction of sp³-hybridized carbons (Fsp3) is 0.370. The van der Waals surface area contributed by atoms with Crippen molar-refractivity contribution in [3.8, 4) is 6.07 Å². The summed E-state index contributed by atoms with van der Waals surface area (Å²) in [5.74, 6) is 0.161. The normalized spacial score (nSPS) is 22.2. The molecule has 0 radical (unpaired) electrons. The lowest BCUT2D eigenvalue weighted by molar-refractivity contribution is -0.127. The molecule has 0 saturated carbocycles. The molecule has 0 spiro atoms. The molecule has 7 nitrogen and oxygen atoms in total. The van der Waals surface area contributed by atoms with Crippen LogP contribution in [0.5, 0.6) is 0 Å². The molecular weight excluding hydrogens is 424 g/mol.